The lowest BCUT2D eigenvalue weighted by Gasteiger charge is -2.02. The third-order valence-electron chi connectivity index (χ3n) is 1.69. The Bertz CT molecular complexity index is 436. The third kappa shape index (κ3) is 2.21. The molecule has 0 aliphatic carbocycles. The number of Topliss-reactive ketones (excluding diaryl/α,β-unsaturated/α-hetero) is 1. The second kappa shape index (κ2) is 4.22. The number of nitrogen functional groups attached to an aromatic ring is 1. The molecule has 0 saturated carbocycles. The fourth-order valence-electron chi connectivity index (χ4n) is 1.09. The largest absolute Gasteiger partial charge is 0.399 e. The van der Waals surface area contributed by atoms with Crippen molar-refractivity contribution in [3.8, 4) is 0 Å². The van der Waals surface area contributed by atoms with E-state index in [1.54, 1.807) is 0 Å². The van der Waals surface area contributed by atoms with E-state index in [0.29, 0.717) is 0 Å². The first-order valence-corrected chi connectivity index (χ1v) is 4.33. The molecule has 7 heteroatoms. The Balaban J connectivity index is 3.46. The van der Waals surface area contributed by atoms with Crippen molar-refractivity contribution in [1.82, 2.24) is 0 Å². The van der Waals surface area contributed by atoms with Gasteiger partial charge in [0.2, 0.25) is 5.82 Å². The molecule has 0 bridgehead atoms. The van der Waals surface area contributed by atoms with Crippen molar-refractivity contribution in [1.29, 1.82) is 0 Å². The molecule has 0 aliphatic heterocycles. The highest BCUT2D eigenvalue weighted by Crippen LogP contribution is 2.26. The van der Waals surface area contributed by atoms with Gasteiger partial charge >= 0.3 is 5.69 Å². The number of nitro benzene ring substituents is 1. The summed E-state index contributed by atoms with van der Waals surface area (Å²) in [6.07, 6.45) is 0. The minimum Gasteiger partial charge on any atom is -0.399 e. The molecule has 0 heterocycles. The van der Waals surface area contributed by atoms with Crippen LogP contribution >= 0.6 is 11.6 Å². The van der Waals surface area contributed by atoms with E-state index in [0.717, 1.165) is 12.1 Å². The van der Waals surface area contributed by atoms with E-state index >= 15 is 0 Å². The van der Waals surface area contributed by atoms with Gasteiger partial charge in [-0.1, -0.05) is 0 Å². The van der Waals surface area contributed by atoms with E-state index in [1.165, 1.54) is 0 Å². The highest BCUT2D eigenvalue weighted by atomic mass is 35.5. The molecule has 0 unspecified atom stereocenters. The summed E-state index contributed by atoms with van der Waals surface area (Å²) in [5, 5.41) is 10.5. The van der Waals surface area contributed by atoms with Crippen LogP contribution < -0.4 is 5.73 Å². The van der Waals surface area contributed by atoms with Gasteiger partial charge in [0.25, 0.3) is 0 Å². The van der Waals surface area contributed by atoms with Crippen molar-refractivity contribution in [2.75, 3.05) is 11.6 Å². The second-order valence-corrected chi connectivity index (χ2v) is 2.98. The van der Waals surface area contributed by atoms with E-state index < -0.39 is 33.7 Å². The molecular formula is C8H6ClFN2O3. The van der Waals surface area contributed by atoms with Gasteiger partial charge in [0, 0.05) is 11.8 Å². The van der Waals surface area contributed by atoms with Gasteiger partial charge in [-0.05, 0) is 6.07 Å². The topological polar surface area (TPSA) is 86.2 Å². The molecule has 1 aromatic carbocycles. The maximum Gasteiger partial charge on any atom is 0.315 e. The molecule has 0 fully saturated rings. The number of nitrogens with zero attached hydrogens (tertiary/aromatic N) is 1. The number of hydrogen-bond donors (Lipinski definition) is 1. The van der Waals surface area contributed by atoms with Crippen LogP contribution in [0.1, 0.15) is 10.4 Å². The minimum absolute atomic E-state index is 0.0634. The fraction of sp³-hybridized carbons (Fsp3) is 0.125. The summed E-state index contributed by atoms with van der Waals surface area (Å²) >= 11 is 5.23. The number of benzene rings is 1. The number of nitro groups is 1. The van der Waals surface area contributed by atoms with Crippen LogP contribution in [0, 0.1) is 15.9 Å². The van der Waals surface area contributed by atoms with Gasteiger partial charge in [0.05, 0.1) is 10.8 Å². The number of ketones is 1. The minimum atomic E-state index is -1.14. The van der Waals surface area contributed by atoms with Gasteiger partial charge in [0.15, 0.2) is 5.78 Å². The maximum absolute atomic E-state index is 13.1. The number of alkyl halides is 1. The molecule has 0 radical (unpaired) electrons. The Morgan fingerprint density at radius 3 is 2.67 bits per heavy atom. The van der Waals surface area contributed by atoms with Crippen molar-refractivity contribution >= 4 is 28.8 Å². The standard InChI is InChI=1S/C8H6ClFN2O3/c9-3-7(13)5-1-4(11)2-6(10)8(5)12(14)15/h1-2H,3,11H2. The van der Waals surface area contributed by atoms with Gasteiger partial charge in [0.1, 0.15) is 5.56 Å². The van der Waals surface area contributed by atoms with E-state index in [2.05, 4.69) is 0 Å². The summed E-state index contributed by atoms with van der Waals surface area (Å²) in [6.45, 7) is 0. The normalized spacial score (nSPS) is 10.0. The summed E-state index contributed by atoms with van der Waals surface area (Å²) in [5.74, 6) is -2.35. The zero-order chi connectivity index (χ0) is 11.6. The summed E-state index contributed by atoms with van der Waals surface area (Å²) < 4.78 is 13.1. The Morgan fingerprint density at radius 2 is 2.20 bits per heavy atom. The predicted octanol–water partition coefficient (Wildman–Crippen LogP) is 1.74. The molecule has 0 saturated heterocycles. The van der Waals surface area contributed by atoms with Crippen molar-refractivity contribution in [3.63, 3.8) is 0 Å². The molecule has 0 amide bonds. The van der Waals surface area contributed by atoms with Crippen LogP contribution in [0.2, 0.25) is 0 Å². The van der Waals surface area contributed by atoms with Gasteiger partial charge in [-0.15, -0.1) is 11.6 Å². The van der Waals surface area contributed by atoms with Crippen molar-refractivity contribution in [2.24, 2.45) is 0 Å². The number of anilines is 1. The Kier molecular flexibility index (Phi) is 3.21. The predicted molar refractivity (Wildman–Crippen MR) is 52.5 cm³/mol. The third-order valence-corrected chi connectivity index (χ3v) is 1.93. The average molecular weight is 233 g/mol. The SMILES string of the molecule is Nc1cc(F)c([N+](=O)[O-])c(C(=O)CCl)c1. The van der Waals surface area contributed by atoms with Crippen LogP contribution in [0.15, 0.2) is 12.1 Å². The Labute approximate surface area is 88.8 Å². The second-order valence-electron chi connectivity index (χ2n) is 2.71. The summed E-state index contributed by atoms with van der Waals surface area (Å²) in [4.78, 5) is 20.7. The quantitative estimate of drug-likeness (QED) is 0.283. The van der Waals surface area contributed by atoms with Crippen molar-refractivity contribution < 1.29 is 14.1 Å². The molecule has 0 aromatic heterocycles. The van der Waals surface area contributed by atoms with Crippen molar-refractivity contribution in [2.45, 2.75) is 0 Å². The number of nitrogens with two attached hydrogens (primary N) is 1. The Hall–Kier alpha value is -1.69. The summed E-state index contributed by atoms with van der Waals surface area (Å²) in [7, 11) is 0. The summed E-state index contributed by atoms with van der Waals surface area (Å²) in [5.41, 5.74) is 3.90. The van der Waals surface area contributed by atoms with E-state index in [4.69, 9.17) is 17.3 Å². The molecular weight excluding hydrogens is 227 g/mol. The lowest BCUT2D eigenvalue weighted by Crippen LogP contribution is -2.08. The van der Waals surface area contributed by atoms with Crippen LogP contribution in [0.3, 0.4) is 0 Å². The highest BCUT2D eigenvalue weighted by molar-refractivity contribution is 6.31. The van der Waals surface area contributed by atoms with E-state index in [9.17, 15) is 19.3 Å². The van der Waals surface area contributed by atoms with Crippen LogP contribution in [-0.4, -0.2) is 16.6 Å². The smallest absolute Gasteiger partial charge is 0.315 e. The van der Waals surface area contributed by atoms with Crippen LogP contribution in [0.5, 0.6) is 0 Å². The van der Waals surface area contributed by atoms with Gasteiger partial charge in [-0.25, -0.2) is 0 Å². The number of halogens is 2. The van der Waals surface area contributed by atoms with Crippen LogP contribution in [0.25, 0.3) is 0 Å². The first-order chi connectivity index (χ1) is 6.97. The zero-order valence-electron chi connectivity index (χ0n) is 7.37. The molecule has 80 valence electrons. The summed E-state index contributed by atoms with van der Waals surface area (Å²) in [6, 6.07) is 1.81. The number of carbonyl (C=O) groups is 1. The lowest BCUT2D eigenvalue weighted by molar-refractivity contribution is -0.387. The molecule has 1 aromatic rings. The van der Waals surface area contributed by atoms with Crippen LogP contribution in [0.4, 0.5) is 15.8 Å². The first-order valence-electron chi connectivity index (χ1n) is 3.80. The zero-order valence-corrected chi connectivity index (χ0v) is 8.12. The molecule has 0 aliphatic rings. The number of rotatable bonds is 3. The molecule has 0 atom stereocenters. The van der Waals surface area contributed by atoms with Gasteiger partial charge in [-0.2, -0.15) is 4.39 Å². The van der Waals surface area contributed by atoms with Crippen molar-refractivity contribution in [3.05, 3.63) is 33.6 Å². The number of carbonyl (C=O) groups excluding carboxylic acids is 1. The molecule has 5 nitrogen and oxygen atoms in total. The molecule has 15 heavy (non-hydrogen) atoms. The average Bonchev–Trinajstić information content (AvgIpc) is 2.14. The Morgan fingerprint density at radius 1 is 1.60 bits per heavy atom. The van der Waals surface area contributed by atoms with Gasteiger partial charge < -0.3 is 5.73 Å². The van der Waals surface area contributed by atoms with E-state index in [-0.39, 0.29) is 5.69 Å². The molecule has 1 rings (SSSR count). The maximum atomic E-state index is 13.1. The molecule has 2 N–H and O–H groups in total. The van der Waals surface area contributed by atoms with E-state index in [1.807, 2.05) is 0 Å². The monoisotopic (exact) mass is 232 g/mol. The lowest BCUT2D eigenvalue weighted by atomic mass is 10.1. The number of hydrogen-bond acceptors (Lipinski definition) is 4. The highest BCUT2D eigenvalue weighted by Gasteiger charge is 2.25. The molecule has 0 spiro atoms. The van der Waals surface area contributed by atoms with Crippen LogP contribution in [-0.2, 0) is 0 Å². The first kappa shape index (κ1) is 11.4. The fourth-order valence-corrected chi connectivity index (χ4v) is 1.23. The van der Waals surface area contributed by atoms with Gasteiger partial charge in [-0.3, -0.25) is 14.9 Å².